The molecule has 92 valence electrons. The highest BCUT2D eigenvalue weighted by atomic mass is 35.5. The molecule has 1 heterocycles. The van der Waals surface area contributed by atoms with Gasteiger partial charge in [0.15, 0.2) is 5.03 Å². The van der Waals surface area contributed by atoms with Gasteiger partial charge in [-0.1, -0.05) is 11.6 Å². The Morgan fingerprint density at radius 1 is 1.47 bits per heavy atom. The Morgan fingerprint density at radius 3 is 2.47 bits per heavy atom. The number of hydrogen-bond donors (Lipinski definition) is 0. The number of aromatic nitrogens is 1. The number of nitriles is 1. The molecule has 1 aromatic heterocycles. The van der Waals surface area contributed by atoms with Gasteiger partial charge in [-0.15, -0.1) is 0 Å². The molecule has 1 aromatic rings. The molecular weight excluding hydrogens is 281 g/mol. The maximum Gasteiger partial charge on any atom is 0.417 e. The molecule has 0 aromatic carbocycles. The van der Waals surface area contributed by atoms with E-state index in [1.165, 1.54) is 6.07 Å². The average Bonchev–Trinajstić information content (AvgIpc) is 2.15. The van der Waals surface area contributed by atoms with Crippen molar-refractivity contribution in [3.63, 3.8) is 0 Å². The van der Waals surface area contributed by atoms with E-state index in [9.17, 15) is 21.6 Å². The van der Waals surface area contributed by atoms with Crippen LogP contribution < -0.4 is 0 Å². The Balaban J connectivity index is 3.30. The van der Waals surface area contributed by atoms with Crippen LogP contribution in [0, 0.1) is 11.3 Å². The quantitative estimate of drug-likeness (QED) is 0.833. The predicted molar refractivity (Wildman–Crippen MR) is 51.9 cm³/mol. The van der Waals surface area contributed by atoms with E-state index >= 15 is 0 Å². The molecule has 0 saturated heterocycles. The molecule has 4 nitrogen and oxygen atoms in total. The fourth-order valence-electron chi connectivity index (χ4n) is 0.963. The SMILES string of the molecule is N#CCS(=O)(=O)c1ncc(C(F)(F)F)cc1Cl. The molecule has 0 fully saturated rings. The van der Waals surface area contributed by atoms with Crippen LogP contribution in [0.3, 0.4) is 0 Å². The van der Waals surface area contributed by atoms with Crippen LogP contribution in [0.15, 0.2) is 17.3 Å². The van der Waals surface area contributed by atoms with Crippen molar-refractivity contribution in [2.45, 2.75) is 11.2 Å². The van der Waals surface area contributed by atoms with Crippen molar-refractivity contribution >= 4 is 21.4 Å². The van der Waals surface area contributed by atoms with E-state index in [1.807, 2.05) is 0 Å². The summed E-state index contributed by atoms with van der Waals surface area (Å²) in [6.45, 7) is 0. The van der Waals surface area contributed by atoms with E-state index in [0.717, 1.165) is 0 Å². The van der Waals surface area contributed by atoms with Crippen molar-refractivity contribution in [1.82, 2.24) is 4.98 Å². The number of pyridine rings is 1. The molecule has 0 unspecified atom stereocenters. The zero-order valence-electron chi connectivity index (χ0n) is 7.99. The van der Waals surface area contributed by atoms with Gasteiger partial charge in [-0.05, 0) is 6.07 Å². The fourth-order valence-corrected chi connectivity index (χ4v) is 2.36. The van der Waals surface area contributed by atoms with Crippen molar-refractivity contribution in [1.29, 1.82) is 5.26 Å². The summed E-state index contributed by atoms with van der Waals surface area (Å²) in [4.78, 5) is 3.14. The molecule has 0 atom stereocenters. The second-order valence-electron chi connectivity index (χ2n) is 2.93. The van der Waals surface area contributed by atoms with Crippen LogP contribution in [0.5, 0.6) is 0 Å². The van der Waals surface area contributed by atoms with Gasteiger partial charge < -0.3 is 0 Å². The van der Waals surface area contributed by atoms with E-state index in [0.29, 0.717) is 12.3 Å². The van der Waals surface area contributed by atoms with Crippen molar-refractivity contribution in [2.75, 3.05) is 5.75 Å². The van der Waals surface area contributed by atoms with Crippen LogP contribution in [0.1, 0.15) is 5.56 Å². The van der Waals surface area contributed by atoms with Gasteiger partial charge >= 0.3 is 6.18 Å². The van der Waals surface area contributed by atoms with Crippen LogP contribution in [0.4, 0.5) is 13.2 Å². The molecule has 0 saturated carbocycles. The molecule has 17 heavy (non-hydrogen) atoms. The number of nitrogens with zero attached hydrogens (tertiary/aromatic N) is 2. The van der Waals surface area contributed by atoms with E-state index in [4.69, 9.17) is 16.9 Å². The first-order valence-corrected chi connectivity index (χ1v) is 6.04. The number of rotatable bonds is 2. The second kappa shape index (κ2) is 4.50. The Bertz CT molecular complexity index is 577. The van der Waals surface area contributed by atoms with Gasteiger partial charge in [-0.25, -0.2) is 13.4 Å². The topological polar surface area (TPSA) is 70.8 Å². The third kappa shape index (κ3) is 3.08. The Labute approximate surface area is 99.6 Å². The summed E-state index contributed by atoms with van der Waals surface area (Å²) in [5.74, 6) is -0.898. The molecule has 0 radical (unpaired) electrons. The summed E-state index contributed by atoms with van der Waals surface area (Å²) >= 11 is 5.40. The van der Waals surface area contributed by atoms with Crippen molar-refractivity contribution in [3.05, 3.63) is 22.8 Å². The highest BCUT2D eigenvalue weighted by Crippen LogP contribution is 2.32. The number of sulfone groups is 1. The highest BCUT2D eigenvalue weighted by Gasteiger charge is 2.32. The predicted octanol–water partition coefficient (Wildman–Crippen LogP) is 2.05. The lowest BCUT2D eigenvalue weighted by Gasteiger charge is -2.08. The van der Waals surface area contributed by atoms with Crippen LogP contribution in [0.25, 0.3) is 0 Å². The van der Waals surface area contributed by atoms with Crippen LogP contribution in [-0.2, 0) is 16.0 Å². The third-order valence-electron chi connectivity index (χ3n) is 1.68. The molecule has 0 aliphatic carbocycles. The maximum atomic E-state index is 12.2. The summed E-state index contributed by atoms with van der Waals surface area (Å²) < 4.78 is 59.5. The zero-order chi connectivity index (χ0) is 13.3. The minimum absolute atomic E-state index is 0.357. The summed E-state index contributed by atoms with van der Waals surface area (Å²) in [7, 11) is -4.07. The Kier molecular flexibility index (Phi) is 3.64. The normalized spacial score (nSPS) is 12.2. The Hall–Kier alpha value is -1.33. The van der Waals surface area contributed by atoms with Gasteiger partial charge in [-0.2, -0.15) is 18.4 Å². The lowest BCUT2D eigenvalue weighted by atomic mass is 10.3. The van der Waals surface area contributed by atoms with Crippen LogP contribution >= 0.6 is 11.6 Å². The fraction of sp³-hybridized carbons (Fsp3) is 0.250. The van der Waals surface area contributed by atoms with E-state index in [-0.39, 0.29) is 0 Å². The highest BCUT2D eigenvalue weighted by molar-refractivity contribution is 7.91. The third-order valence-corrected chi connectivity index (χ3v) is 3.51. The second-order valence-corrected chi connectivity index (χ2v) is 5.24. The monoisotopic (exact) mass is 284 g/mol. The smallest absolute Gasteiger partial charge is 0.243 e. The van der Waals surface area contributed by atoms with E-state index < -0.39 is 37.4 Å². The molecule has 0 bridgehead atoms. The lowest BCUT2D eigenvalue weighted by Crippen LogP contribution is -2.11. The van der Waals surface area contributed by atoms with E-state index in [1.54, 1.807) is 0 Å². The van der Waals surface area contributed by atoms with Crippen molar-refractivity contribution in [2.24, 2.45) is 0 Å². The minimum atomic E-state index is -4.66. The molecular formula is C8H4ClF3N2O2S. The van der Waals surface area contributed by atoms with Crippen molar-refractivity contribution in [3.8, 4) is 6.07 Å². The maximum absolute atomic E-state index is 12.2. The molecule has 0 spiro atoms. The van der Waals surface area contributed by atoms with Gasteiger partial charge in [0.1, 0.15) is 5.75 Å². The van der Waals surface area contributed by atoms with Gasteiger partial charge in [-0.3, -0.25) is 0 Å². The number of alkyl halides is 3. The van der Waals surface area contributed by atoms with Gasteiger partial charge in [0.25, 0.3) is 0 Å². The van der Waals surface area contributed by atoms with E-state index in [2.05, 4.69) is 4.98 Å². The molecule has 0 aliphatic heterocycles. The van der Waals surface area contributed by atoms with Gasteiger partial charge in [0.05, 0.1) is 16.7 Å². The summed E-state index contributed by atoms with van der Waals surface area (Å²) in [6, 6.07) is 1.83. The van der Waals surface area contributed by atoms with Crippen molar-refractivity contribution < 1.29 is 21.6 Å². The van der Waals surface area contributed by atoms with Crippen LogP contribution in [-0.4, -0.2) is 19.2 Å². The first-order chi connectivity index (χ1) is 7.68. The summed E-state index contributed by atoms with van der Waals surface area (Å²) in [5.41, 5.74) is -1.15. The number of hydrogen-bond acceptors (Lipinski definition) is 4. The standard InChI is InChI=1S/C8H4ClF3N2O2S/c9-6-3-5(8(10,11)12)4-14-7(6)17(15,16)2-1-13/h3-4H,2H2. The average molecular weight is 285 g/mol. The van der Waals surface area contributed by atoms with Gasteiger partial charge in [0.2, 0.25) is 9.84 Å². The number of halogens is 4. The van der Waals surface area contributed by atoms with Gasteiger partial charge in [0, 0.05) is 6.20 Å². The molecule has 0 aliphatic rings. The summed E-state index contributed by atoms with van der Waals surface area (Å²) in [6.07, 6.45) is -4.30. The molecule has 0 N–H and O–H groups in total. The lowest BCUT2D eigenvalue weighted by molar-refractivity contribution is -0.137. The molecule has 0 amide bonds. The largest absolute Gasteiger partial charge is 0.417 e. The molecule has 1 rings (SSSR count). The van der Waals surface area contributed by atoms with Crippen LogP contribution in [0.2, 0.25) is 5.02 Å². The Morgan fingerprint density at radius 2 is 2.06 bits per heavy atom. The zero-order valence-corrected chi connectivity index (χ0v) is 9.57. The first kappa shape index (κ1) is 13.7. The first-order valence-electron chi connectivity index (χ1n) is 4.01. The molecule has 9 heteroatoms. The minimum Gasteiger partial charge on any atom is -0.243 e. The summed E-state index contributed by atoms with van der Waals surface area (Å²) in [5, 5.41) is 6.87.